The van der Waals surface area contributed by atoms with Crippen molar-refractivity contribution in [3.63, 3.8) is 0 Å². The van der Waals surface area contributed by atoms with Crippen LogP contribution in [-0.2, 0) is 19.4 Å². The van der Waals surface area contributed by atoms with Crippen molar-refractivity contribution in [3.8, 4) is 11.6 Å². The molecule has 0 saturated carbocycles. The van der Waals surface area contributed by atoms with Crippen molar-refractivity contribution in [1.29, 1.82) is 0 Å². The zero-order chi connectivity index (χ0) is 13.9. The Hall–Kier alpha value is -1.88. The molecule has 5 heteroatoms. The van der Waals surface area contributed by atoms with Crippen LogP contribution in [0.5, 0.6) is 0 Å². The largest absolute Gasteiger partial charge is 0.311 e. The van der Waals surface area contributed by atoms with Crippen LogP contribution in [0.1, 0.15) is 35.9 Å². The minimum atomic E-state index is 0.612. The molecule has 0 fully saturated rings. The van der Waals surface area contributed by atoms with Crippen LogP contribution in [0.2, 0.25) is 0 Å². The summed E-state index contributed by atoms with van der Waals surface area (Å²) in [6.45, 7) is 5.97. The van der Waals surface area contributed by atoms with E-state index >= 15 is 0 Å². The highest BCUT2D eigenvalue weighted by Gasteiger charge is 2.18. The lowest BCUT2D eigenvalue weighted by atomic mass is 10.0. The van der Waals surface area contributed by atoms with Gasteiger partial charge < -0.3 is 5.32 Å². The minimum absolute atomic E-state index is 0.612. The summed E-state index contributed by atoms with van der Waals surface area (Å²) in [5, 5.41) is 3.37. The predicted molar refractivity (Wildman–Crippen MR) is 77.2 cm³/mol. The molecule has 20 heavy (non-hydrogen) atoms. The van der Waals surface area contributed by atoms with E-state index in [1.807, 2.05) is 19.3 Å². The summed E-state index contributed by atoms with van der Waals surface area (Å²) in [5.41, 5.74) is 4.63. The van der Waals surface area contributed by atoms with E-state index in [1.165, 1.54) is 5.56 Å². The molecule has 0 saturated heterocycles. The van der Waals surface area contributed by atoms with Crippen LogP contribution in [0.3, 0.4) is 0 Å². The van der Waals surface area contributed by atoms with E-state index < -0.39 is 0 Å². The van der Waals surface area contributed by atoms with Gasteiger partial charge >= 0.3 is 0 Å². The first kappa shape index (κ1) is 13.1. The van der Waals surface area contributed by atoms with E-state index in [0.29, 0.717) is 11.6 Å². The van der Waals surface area contributed by atoms with E-state index in [9.17, 15) is 0 Å². The van der Waals surface area contributed by atoms with Gasteiger partial charge in [-0.15, -0.1) is 0 Å². The lowest BCUT2D eigenvalue weighted by Crippen LogP contribution is -2.27. The third-order valence-electron chi connectivity index (χ3n) is 3.49. The molecule has 0 aromatic carbocycles. The number of fused-ring (bicyclic) bond motifs is 1. The Kier molecular flexibility index (Phi) is 3.69. The normalized spacial score (nSPS) is 14.1. The van der Waals surface area contributed by atoms with Gasteiger partial charge in [-0.3, -0.25) is 0 Å². The standard InChI is InChI=1S/C15H19N5/c1-3-4-12-11-5-6-16-9-13(11)20-15(19-12)14-17-7-10(2)8-18-14/h7-8,16H,3-6,9H2,1-2H3. The van der Waals surface area contributed by atoms with Crippen molar-refractivity contribution < 1.29 is 0 Å². The second kappa shape index (κ2) is 5.63. The third kappa shape index (κ3) is 2.54. The van der Waals surface area contributed by atoms with Gasteiger partial charge in [-0.25, -0.2) is 19.9 Å². The molecule has 2 aromatic rings. The lowest BCUT2D eigenvalue weighted by molar-refractivity contribution is 0.614. The molecule has 0 bridgehead atoms. The molecule has 0 atom stereocenters. The molecule has 3 heterocycles. The van der Waals surface area contributed by atoms with Gasteiger partial charge in [-0.2, -0.15) is 0 Å². The summed E-state index contributed by atoms with van der Waals surface area (Å²) < 4.78 is 0. The maximum absolute atomic E-state index is 4.71. The summed E-state index contributed by atoms with van der Waals surface area (Å²) in [6, 6.07) is 0. The topological polar surface area (TPSA) is 63.6 Å². The maximum Gasteiger partial charge on any atom is 0.198 e. The summed E-state index contributed by atoms with van der Waals surface area (Å²) in [7, 11) is 0. The number of nitrogens with one attached hydrogen (secondary N) is 1. The first-order valence-electron chi connectivity index (χ1n) is 7.16. The average molecular weight is 269 g/mol. The van der Waals surface area contributed by atoms with E-state index in [2.05, 4.69) is 27.2 Å². The van der Waals surface area contributed by atoms with Gasteiger partial charge in [0.05, 0.1) is 5.69 Å². The molecule has 3 rings (SSSR count). The third-order valence-corrected chi connectivity index (χ3v) is 3.49. The zero-order valence-corrected chi connectivity index (χ0v) is 12.0. The molecule has 1 N–H and O–H groups in total. The molecule has 2 aromatic heterocycles. The lowest BCUT2D eigenvalue weighted by Gasteiger charge is -2.19. The van der Waals surface area contributed by atoms with Crippen molar-refractivity contribution in [2.45, 2.75) is 39.7 Å². The number of nitrogens with zero attached hydrogens (tertiary/aromatic N) is 4. The fourth-order valence-corrected chi connectivity index (χ4v) is 2.49. The number of aromatic nitrogens is 4. The van der Waals surface area contributed by atoms with Crippen LogP contribution < -0.4 is 5.32 Å². The van der Waals surface area contributed by atoms with Crippen LogP contribution in [0.25, 0.3) is 11.6 Å². The molecule has 0 unspecified atom stereocenters. The minimum Gasteiger partial charge on any atom is -0.311 e. The van der Waals surface area contributed by atoms with Crippen molar-refractivity contribution >= 4 is 0 Å². The molecular formula is C15H19N5. The van der Waals surface area contributed by atoms with Crippen LogP contribution in [0.4, 0.5) is 0 Å². The van der Waals surface area contributed by atoms with E-state index in [4.69, 9.17) is 4.98 Å². The van der Waals surface area contributed by atoms with E-state index in [-0.39, 0.29) is 0 Å². The first-order valence-corrected chi connectivity index (χ1v) is 7.16. The SMILES string of the molecule is CCCc1nc(-c2ncc(C)cn2)nc2c1CCNC2. The van der Waals surface area contributed by atoms with Gasteiger partial charge in [0.2, 0.25) is 0 Å². The number of hydrogen-bond acceptors (Lipinski definition) is 5. The van der Waals surface area contributed by atoms with Crippen molar-refractivity contribution in [3.05, 3.63) is 34.9 Å². The molecule has 0 amide bonds. The fraction of sp³-hybridized carbons (Fsp3) is 0.467. The van der Waals surface area contributed by atoms with E-state index in [1.54, 1.807) is 0 Å². The van der Waals surface area contributed by atoms with Crippen molar-refractivity contribution in [2.24, 2.45) is 0 Å². The quantitative estimate of drug-likeness (QED) is 0.921. The first-order chi connectivity index (χ1) is 9.78. The van der Waals surface area contributed by atoms with Crippen molar-refractivity contribution in [1.82, 2.24) is 25.3 Å². The molecule has 0 aliphatic carbocycles. The Morgan fingerprint density at radius 3 is 2.70 bits per heavy atom. The highest BCUT2D eigenvalue weighted by molar-refractivity contribution is 5.46. The van der Waals surface area contributed by atoms with Gasteiger partial charge in [-0.05, 0) is 37.4 Å². The Balaban J connectivity index is 2.07. The molecule has 1 aliphatic heterocycles. The predicted octanol–water partition coefficient (Wildman–Crippen LogP) is 1.84. The highest BCUT2D eigenvalue weighted by Crippen LogP contribution is 2.20. The van der Waals surface area contributed by atoms with Gasteiger partial charge in [0, 0.05) is 24.6 Å². The number of hydrogen-bond donors (Lipinski definition) is 1. The Morgan fingerprint density at radius 1 is 1.15 bits per heavy atom. The van der Waals surface area contributed by atoms with Crippen molar-refractivity contribution in [2.75, 3.05) is 6.54 Å². The van der Waals surface area contributed by atoms with Gasteiger partial charge in [0.25, 0.3) is 0 Å². The Bertz CT molecular complexity index is 606. The second-order valence-electron chi connectivity index (χ2n) is 5.18. The summed E-state index contributed by atoms with van der Waals surface area (Å²) >= 11 is 0. The monoisotopic (exact) mass is 269 g/mol. The summed E-state index contributed by atoms with van der Waals surface area (Å²) in [6.07, 6.45) is 6.71. The average Bonchev–Trinajstić information content (AvgIpc) is 2.48. The maximum atomic E-state index is 4.71. The van der Waals surface area contributed by atoms with Crippen LogP contribution >= 0.6 is 0 Å². The number of rotatable bonds is 3. The Morgan fingerprint density at radius 2 is 1.95 bits per heavy atom. The van der Waals surface area contributed by atoms with E-state index in [0.717, 1.165) is 49.3 Å². The second-order valence-corrected chi connectivity index (χ2v) is 5.18. The molecule has 104 valence electrons. The Labute approximate surface area is 118 Å². The fourth-order valence-electron chi connectivity index (χ4n) is 2.49. The smallest absolute Gasteiger partial charge is 0.198 e. The molecule has 0 spiro atoms. The molecule has 0 radical (unpaired) electrons. The molecule has 1 aliphatic rings. The highest BCUT2D eigenvalue weighted by atomic mass is 15.0. The molecule has 5 nitrogen and oxygen atoms in total. The van der Waals surface area contributed by atoms with Gasteiger partial charge in [0.1, 0.15) is 0 Å². The van der Waals surface area contributed by atoms with Crippen LogP contribution in [0.15, 0.2) is 12.4 Å². The molecular weight excluding hydrogens is 250 g/mol. The summed E-state index contributed by atoms with van der Waals surface area (Å²) in [5.74, 6) is 1.26. The number of aryl methyl sites for hydroxylation is 2. The zero-order valence-electron chi connectivity index (χ0n) is 12.0. The van der Waals surface area contributed by atoms with Crippen LogP contribution in [0, 0.1) is 6.92 Å². The summed E-state index contributed by atoms with van der Waals surface area (Å²) in [4.78, 5) is 18.1. The van der Waals surface area contributed by atoms with Gasteiger partial charge in [-0.1, -0.05) is 13.3 Å². The van der Waals surface area contributed by atoms with Crippen LogP contribution in [-0.4, -0.2) is 26.5 Å². The van der Waals surface area contributed by atoms with Gasteiger partial charge in [0.15, 0.2) is 11.6 Å².